The quantitative estimate of drug-likeness (QED) is 0.820. The van der Waals surface area contributed by atoms with Crippen molar-refractivity contribution >= 4 is 17.5 Å². The summed E-state index contributed by atoms with van der Waals surface area (Å²) in [6.07, 6.45) is 5.16. The Kier molecular flexibility index (Phi) is 3.07. The van der Waals surface area contributed by atoms with E-state index in [1.807, 2.05) is 0 Å². The molecule has 2 rings (SSSR count). The van der Waals surface area contributed by atoms with Gasteiger partial charge in [0.05, 0.1) is 18.0 Å². The second kappa shape index (κ2) is 4.35. The highest BCUT2D eigenvalue weighted by Crippen LogP contribution is 2.30. The zero-order valence-electron chi connectivity index (χ0n) is 8.61. The van der Waals surface area contributed by atoms with Crippen molar-refractivity contribution in [2.45, 2.75) is 24.9 Å². The van der Waals surface area contributed by atoms with Crippen LogP contribution < -0.4 is 5.32 Å². The number of amides is 1. The maximum atomic E-state index is 11.6. The lowest BCUT2D eigenvalue weighted by atomic mass is 9.80. The average Bonchev–Trinajstić information content (AvgIpc) is 2.23. The van der Waals surface area contributed by atoms with Crippen LogP contribution in [0.1, 0.15) is 29.8 Å². The highest BCUT2D eigenvalue weighted by Gasteiger charge is 2.34. The molecule has 0 bridgehead atoms. The Hall–Kier alpha value is -1.20. The zero-order valence-corrected chi connectivity index (χ0v) is 9.37. The van der Waals surface area contributed by atoms with E-state index in [0.29, 0.717) is 0 Å². The lowest BCUT2D eigenvalue weighted by Crippen LogP contribution is -2.47. The third-order valence-corrected chi connectivity index (χ3v) is 2.88. The van der Waals surface area contributed by atoms with Crippen LogP contribution in [0.15, 0.2) is 12.4 Å². The van der Waals surface area contributed by atoms with Gasteiger partial charge in [-0.25, -0.2) is 4.98 Å². The molecule has 1 aliphatic rings. The highest BCUT2D eigenvalue weighted by molar-refractivity contribution is 6.29. The van der Waals surface area contributed by atoms with Gasteiger partial charge in [0.2, 0.25) is 0 Å². The smallest absolute Gasteiger partial charge is 0.271 e. The summed E-state index contributed by atoms with van der Waals surface area (Å²) in [5.74, 6) is -0.365. The van der Waals surface area contributed by atoms with E-state index in [9.17, 15) is 9.90 Å². The molecule has 0 aromatic carbocycles. The Labute approximate surface area is 97.9 Å². The van der Waals surface area contributed by atoms with E-state index in [0.717, 1.165) is 19.3 Å². The molecule has 0 unspecified atom stereocenters. The number of nitrogens with zero attached hydrogens (tertiary/aromatic N) is 2. The van der Waals surface area contributed by atoms with Crippen molar-refractivity contribution in [2.24, 2.45) is 0 Å². The number of halogens is 1. The van der Waals surface area contributed by atoms with Crippen LogP contribution in [-0.2, 0) is 0 Å². The lowest BCUT2D eigenvalue weighted by molar-refractivity contribution is -0.0300. The van der Waals surface area contributed by atoms with E-state index in [1.165, 1.54) is 12.4 Å². The number of rotatable bonds is 3. The first kappa shape index (κ1) is 11.3. The zero-order chi connectivity index (χ0) is 11.6. The number of nitrogens with one attached hydrogen (secondary N) is 1. The summed E-state index contributed by atoms with van der Waals surface area (Å²) in [7, 11) is 0. The van der Waals surface area contributed by atoms with E-state index in [4.69, 9.17) is 11.6 Å². The van der Waals surface area contributed by atoms with Crippen LogP contribution in [0.4, 0.5) is 0 Å². The van der Waals surface area contributed by atoms with Crippen LogP contribution in [-0.4, -0.2) is 33.1 Å². The summed E-state index contributed by atoms with van der Waals surface area (Å²) < 4.78 is 0. The summed E-state index contributed by atoms with van der Waals surface area (Å²) in [6.45, 7) is 0.250. The molecule has 1 aromatic heterocycles. The number of carbonyl (C=O) groups excluding carboxylic acids is 1. The molecule has 0 atom stereocenters. The Morgan fingerprint density at radius 3 is 2.88 bits per heavy atom. The van der Waals surface area contributed by atoms with Gasteiger partial charge in [-0.05, 0) is 19.3 Å². The summed E-state index contributed by atoms with van der Waals surface area (Å²) in [5, 5.41) is 12.6. The SMILES string of the molecule is O=C(NCC1(O)CCC1)c1cncc(Cl)n1. The molecule has 0 radical (unpaired) electrons. The van der Waals surface area contributed by atoms with E-state index >= 15 is 0 Å². The average molecular weight is 242 g/mol. The number of aromatic nitrogens is 2. The first-order valence-corrected chi connectivity index (χ1v) is 5.45. The second-order valence-electron chi connectivity index (χ2n) is 3.99. The van der Waals surface area contributed by atoms with Gasteiger partial charge in [0.25, 0.3) is 5.91 Å². The van der Waals surface area contributed by atoms with Gasteiger partial charge in [-0.3, -0.25) is 9.78 Å². The van der Waals surface area contributed by atoms with Crippen molar-refractivity contribution in [3.8, 4) is 0 Å². The third-order valence-electron chi connectivity index (χ3n) is 2.70. The van der Waals surface area contributed by atoms with E-state index in [-0.39, 0.29) is 23.3 Å². The third kappa shape index (κ3) is 2.48. The minimum Gasteiger partial charge on any atom is -0.388 e. The molecule has 1 amide bonds. The van der Waals surface area contributed by atoms with Crippen molar-refractivity contribution in [1.82, 2.24) is 15.3 Å². The summed E-state index contributed by atoms with van der Waals surface area (Å²) in [5.41, 5.74) is -0.572. The molecule has 0 saturated heterocycles. The Bertz CT molecular complexity index is 407. The summed E-state index contributed by atoms with van der Waals surface area (Å²) >= 11 is 5.61. The molecule has 1 aromatic rings. The minimum atomic E-state index is -0.734. The Morgan fingerprint density at radius 2 is 2.31 bits per heavy atom. The van der Waals surface area contributed by atoms with Gasteiger partial charge in [0, 0.05) is 6.54 Å². The molecule has 2 N–H and O–H groups in total. The van der Waals surface area contributed by atoms with Crippen LogP contribution >= 0.6 is 11.6 Å². The van der Waals surface area contributed by atoms with Crippen LogP contribution in [0.3, 0.4) is 0 Å². The van der Waals surface area contributed by atoms with Crippen molar-refractivity contribution in [3.05, 3.63) is 23.2 Å². The molecule has 1 fully saturated rings. The van der Waals surface area contributed by atoms with Crippen molar-refractivity contribution in [3.63, 3.8) is 0 Å². The first-order chi connectivity index (χ1) is 7.59. The van der Waals surface area contributed by atoms with E-state index in [1.54, 1.807) is 0 Å². The second-order valence-corrected chi connectivity index (χ2v) is 4.37. The van der Waals surface area contributed by atoms with Crippen LogP contribution in [0.5, 0.6) is 0 Å². The van der Waals surface area contributed by atoms with Crippen molar-refractivity contribution in [1.29, 1.82) is 0 Å². The topological polar surface area (TPSA) is 75.1 Å². The molecule has 1 saturated carbocycles. The maximum Gasteiger partial charge on any atom is 0.271 e. The van der Waals surface area contributed by atoms with Gasteiger partial charge < -0.3 is 10.4 Å². The number of carbonyl (C=O) groups is 1. The van der Waals surface area contributed by atoms with Crippen LogP contribution in [0, 0.1) is 0 Å². The standard InChI is InChI=1S/C10H12ClN3O2/c11-8-5-12-4-7(14-8)9(15)13-6-10(16)2-1-3-10/h4-5,16H,1-3,6H2,(H,13,15). The summed E-state index contributed by atoms with van der Waals surface area (Å²) in [6, 6.07) is 0. The lowest BCUT2D eigenvalue weighted by Gasteiger charge is -2.36. The fraction of sp³-hybridized carbons (Fsp3) is 0.500. The van der Waals surface area contributed by atoms with Gasteiger partial charge in [0.1, 0.15) is 10.8 Å². The largest absolute Gasteiger partial charge is 0.388 e. The molecule has 1 aliphatic carbocycles. The van der Waals surface area contributed by atoms with Crippen LogP contribution in [0.25, 0.3) is 0 Å². The van der Waals surface area contributed by atoms with Crippen LogP contribution in [0.2, 0.25) is 5.15 Å². The molecule has 16 heavy (non-hydrogen) atoms. The predicted molar refractivity (Wildman–Crippen MR) is 58.2 cm³/mol. The van der Waals surface area contributed by atoms with Gasteiger partial charge in [-0.15, -0.1) is 0 Å². The molecule has 86 valence electrons. The highest BCUT2D eigenvalue weighted by atomic mass is 35.5. The maximum absolute atomic E-state index is 11.6. The minimum absolute atomic E-state index is 0.162. The molecule has 6 heteroatoms. The predicted octanol–water partition coefficient (Wildman–Crippen LogP) is 0.775. The van der Waals surface area contributed by atoms with Crippen molar-refractivity contribution < 1.29 is 9.90 Å². The Morgan fingerprint density at radius 1 is 1.56 bits per heavy atom. The fourth-order valence-corrected chi connectivity index (χ4v) is 1.70. The molecular weight excluding hydrogens is 230 g/mol. The van der Waals surface area contributed by atoms with E-state index in [2.05, 4.69) is 15.3 Å². The van der Waals surface area contributed by atoms with Gasteiger partial charge in [0.15, 0.2) is 0 Å². The van der Waals surface area contributed by atoms with E-state index < -0.39 is 5.60 Å². The number of hydrogen-bond donors (Lipinski definition) is 2. The molecule has 5 nitrogen and oxygen atoms in total. The molecular formula is C10H12ClN3O2. The molecule has 1 heterocycles. The Balaban J connectivity index is 1.93. The van der Waals surface area contributed by atoms with Crippen molar-refractivity contribution in [2.75, 3.05) is 6.54 Å². The molecule has 0 spiro atoms. The monoisotopic (exact) mass is 241 g/mol. The fourth-order valence-electron chi connectivity index (χ4n) is 1.55. The van der Waals surface area contributed by atoms with Gasteiger partial charge >= 0.3 is 0 Å². The van der Waals surface area contributed by atoms with Gasteiger partial charge in [-0.2, -0.15) is 0 Å². The normalized spacial score (nSPS) is 17.6. The summed E-state index contributed by atoms with van der Waals surface area (Å²) in [4.78, 5) is 19.2. The number of aliphatic hydroxyl groups is 1. The molecule has 0 aliphatic heterocycles. The van der Waals surface area contributed by atoms with Gasteiger partial charge in [-0.1, -0.05) is 11.6 Å². The number of hydrogen-bond acceptors (Lipinski definition) is 4. The first-order valence-electron chi connectivity index (χ1n) is 5.07.